The van der Waals surface area contributed by atoms with E-state index in [1.165, 1.54) is 0 Å². The Morgan fingerprint density at radius 3 is 2.83 bits per heavy atom. The lowest BCUT2D eigenvalue weighted by molar-refractivity contribution is -0.123. The number of methoxy groups -OCH3 is 1. The molecular formula is C19H24N2O3. The average Bonchev–Trinajstić information content (AvgIpc) is 3.24. The number of amides is 1. The molecule has 128 valence electrons. The topological polar surface area (TPSA) is 64.4 Å². The number of carbonyl (C=O) groups excluding carboxylic acids is 1. The van der Waals surface area contributed by atoms with Gasteiger partial charge < -0.3 is 14.6 Å². The summed E-state index contributed by atoms with van der Waals surface area (Å²) in [7, 11) is 1.63. The van der Waals surface area contributed by atoms with E-state index >= 15 is 0 Å². The Kier molecular flexibility index (Phi) is 4.60. The molecule has 0 bridgehead atoms. The van der Waals surface area contributed by atoms with Crippen molar-refractivity contribution in [2.45, 2.75) is 38.5 Å². The fourth-order valence-electron chi connectivity index (χ4n) is 2.78. The van der Waals surface area contributed by atoms with Crippen LogP contribution < -0.4 is 10.1 Å². The standard InChI is InChI=1S/C19H24N2O3/c1-13(2)7-10-20-18(22)19(8-9-19)17-12-16(24-21-17)14-5-4-6-15(11-14)23-3/h4-6,11-13H,7-10H2,1-3H3,(H,20,22). The van der Waals surface area contributed by atoms with E-state index in [-0.39, 0.29) is 5.91 Å². The summed E-state index contributed by atoms with van der Waals surface area (Å²) in [6, 6.07) is 9.50. The number of hydrogen-bond donors (Lipinski definition) is 1. The molecule has 1 N–H and O–H groups in total. The van der Waals surface area contributed by atoms with Crippen molar-refractivity contribution in [1.29, 1.82) is 0 Å². The fraction of sp³-hybridized carbons (Fsp3) is 0.474. The van der Waals surface area contributed by atoms with Crippen LogP contribution in [0.4, 0.5) is 0 Å². The van der Waals surface area contributed by atoms with Crippen molar-refractivity contribution >= 4 is 5.91 Å². The summed E-state index contributed by atoms with van der Waals surface area (Å²) in [5.74, 6) is 2.06. The van der Waals surface area contributed by atoms with Gasteiger partial charge in [0.05, 0.1) is 18.2 Å². The molecule has 1 aliphatic rings. The van der Waals surface area contributed by atoms with Crippen LogP contribution >= 0.6 is 0 Å². The number of nitrogens with zero attached hydrogens (tertiary/aromatic N) is 1. The van der Waals surface area contributed by atoms with Crippen molar-refractivity contribution in [3.8, 4) is 17.1 Å². The van der Waals surface area contributed by atoms with E-state index in [9.17, 15) is 4.79 Å². The molecule has 1 saturated carbocycles. The van der Waals surface area contributed by atoms with Crippen LogP contribution in [0.15, 0.2) is 34.9 Å². The molecule has 0 spiro atoms. The third kappa shape index (κ3) is 3.30. The maximum atomic E-state index is 12.5. The van der Waals surface area contributed by atoms with Gasteiger partial charge in [0.1, 0.15) is 5.75 Å². The normalized spacial score (nSPS) is 15.3. The number of hydrogen-bond acceptors (Lipinski definition) is 4. The molecule has 5 heteroatoms. The van der Waals surface area contributed by atoms with Crippen LogP contribution in [-0.2, 0) is 10.2 Å². The maximum Gasteiger partial charge on any atom is 0.232 e. The number of aromatic nitrogens is 1. The van der Waals surface area contributed by atoms with E-state index in [4.69, 9.17) is 9.26 Å². The molecule has 1 fully saturated rings. The van der Waals surface area contributed by atoms with Gasteiger partial charge in [0.25, 0.3) is 0 Å². The molecule has 1 amide bonds. The first-order valence-electron chi connectivity index (χ1n) is 8.45. The van der Waals surface area contributed by atoms with Crippen molar-refractivity contribution in [2.24, 2.45) is 5.92 Å². The Labute approximate surface area is 142 Å². The zero-order chi connectivity index (χ0) is 17.2. The first-order valence-corrected chi connectivity index (χ1v) is 8.45. The van der Waals surface area contributed by atoms with Crippen LogP contribution in [-0.4, -0.2) is 24.7 Å². The zero-order valence-electron chi connectivity index (χ0n) is 14.5. The Morgan fingerprint density at radius 2 is 2.17 bits per heavy atom. The average molecular weight is 328 g/mol. The smallest absolute Gasteiger partial charge is 0.232 e. The van der Waals surface area contributed by atoms with Gasteiger partial charge in [-0.05, 0) is 37.3 Å². The van der Waals surface area contributed by atoms with Gasteiger partial charge in [-0.15, -0.1) is 0 Å². The molecule has 0 saturated heterocycles. The van der Waals surface area contributed by atoms with Gasteiger partial charge in [-0.25, -0.2) is 0 Å². The van der Waals surface area contributed by atoms with E-state index < -0.39 is 5.41 Å². The summed E-state index contributed by atoms with van der Waals surface area (Å²) >= 11 is 0. The number of carbonyl (C=O) groups is 1. The molecule has 24 heavy (non-hydrogen) atoms. The summed E-state index contributed by atoms with van der Waals surface area (Å²) in [4.78, 5) is 12.5. The molecule has 1 aliphatic carbocycles. The number of benzene rings is 1. The molecule has 0 unspecified atom stereocenters. The second-order valence-corrected chi connectivity index (χ2v) is 6.83. The second-order valence-electron chi connectivity index (χ2n) is 6.83. The Morgan fingerprint density at radius 1 is 1.38 bits per heavy atom. The van der Waals surface area contributed by atoms with E-state index in [0.717, 1.165) is 36.3 Å². The first-order chi connectivity index (χ1) is 11.5. The van der Waals surface area contributed by atoms with Gasteiger partial charge in [-0.3, -0.25) is 4.79 Å². The SMILES string of the molecule is COc1cccc(-c2cc(C3(C(=O)NCCC(C)C)CC3)no2)c1. The van der Waals surface area contributed by atoms with Crippen molar-refractivity contribution in [3.05, 3.63) is 36.0 Å². The molecule has 1 heterocycles. The lowest BCUT2D eigenvalue weighted by atomic mass is 10.00. The largest absolute Gasteiger partial charge is 0.497 e. The Hall–Kier alpha value is -2.30. The van der Waals surface area contributed by atoms with Crippen LogP contribution in [0.5, 0.6) is 5.75 Å². The van der Waals surface area contributed by atoms with Gasteiger partial charge >= 0.3 is 0 Å². The van der Waals surface area contributed by atoms with Gasteiger partial charge in [0, 0.05) is 18.2 Å². The van der Waals surface area contributed by atoms with Crippen molar-refractivity contribution in [1.82, 2.24) is 10.5 Å². The maximum absolute atomic E-state index is 12.5. The summed E-state index contributed by atoms with van der Waals surface area (Å²) < 4.78 is 10.7. The molecule has 2 aromatic rings. The lowest BCUT2D eigenvalue weighted by Gasteiger charge is -2.13. The minimum absolute atomic E-state index is 0.0636. The zero-order valence-corrected chi connectivity index (χ0v) is 14.5. The fourth-order valence-corrected chi connectivity index (χ4v) is 2.78. The molecule has 0 radical (unpaired) electrons. The number of rotatable bonds is 7. The predicted octanol–water partition coefficient (Wildman–Crippen LogP) is 3.54. The number of ether oxygens (including phenoxy) is 1. The monoisotopic (exact) mass is 328 g/mol. The van der Waals surface area contributed by atoms with E-state index in [1.54, 1.807) is 7.11 Å². The Bertz CT molecular complexity index is 717. The summed E-state index contributed by atoms with van der Waals surface area (Å²) in [6.45, 7) is 5.01. The molecule has 0 atom stereocenters. The first kappa shape index (κ1) is 16.6. The van der Waals surface area contributed by atoms with Crippen LogP contribution in [0.25, 0.3) is 11.3 Å². The van der Waals surface area contributed by atoms with E-state index in [2.05, 4.69) is 24.3 Å². The highest BCUT2D eigenvalue weighted by atomic mass is 16.5. The van der Waals surface area contributed by atoms with Crippen LogP contribution in [0.3, 0.4) is 0 Å². The van der Waals surface area contributed by atoms with Crippen molar-refractivity contribution < 1.29 is 14.1 Å². The van der Waals surface area contributed by atoms with Gasteiger partial charge in [0.15, 0.2) is 5.76 Å². The van der Waals surface area contributed by atoms with Crippen molar-refractivity contribution in [3.63, 3.8) is 0 Å². The molecule has 0 aliphatic heterocycles. The lowest BCUT2D eigenvalue weighted by Crippen LogP contribution is -2.35. The van der Waals surface area contributed by atoms with Gasteiger partial charge in [-0.1, -0.05) is 31.1 Å². The van der Waals surface area contributed by atoms with E-state index in [1.807, 2.05) is 30.3 Å². The molecule has 1 aromatic heterocycles. The molecule has 3 rings (SSSR count). The third-order valence-corrected chi connectivity index (χ3v) is 4.55. The molecule has 1 aromatic carbocycles. The quantitative estimate of drug-likeness (QED) is 0.844. The molecular weight excluding hydrogens is 304 g/mol. The van der Waals surface area contributed by atoms with Gasteiger partial charge in [0.2, 0.25) is 5.91 Å². The Balaban J connectivity index is 1.73. The second kappa shape index (κ2) is 6.67. The minimum Gasteiger partial charge on any atom is -0.497 e. The van der Waals surface area contributed by atoms with E-state index in [0.29, 0.717) is 18.2 Å². The van der Waals surface area contributed by atoms with Crippen LogP contribution in [0, 0.1) is 5.92 Å². The molecule has 5 nitrogen and oxygen atoms in total. The summed E-state index contributed by atoms with van der Waals surface area (Å²) in [6.07, 6.45) is 2.63. The predicted molar refractivity (Wildman–Crippen MR) is 91.9 cm³/mol. The highest BCUT2D eigenvalue weighted by molar-refractivity contribution is 5.91. The van der Waals surface area contributed by atoms with Crippen LogP contribution in [0.2, 0.25) is 0 Å². The summed E-state index contributed by atoms with van der Waals surface area (Å²) in [5.41, 5.74) is 1.11. The van der Waals surface area contributed by atoms with Crippen LogP contribution in [0.1, 0.15) is 38.8 Å². The highest BCUT2D eigenvalue weighted by Gasteiger charge is 2.53. The highest BCUT2D eigenvalue weighted by Crippen LogP contribution is 2.48. The minimum atomic E-state index is -0.502. The third-order valence-electron chi connectivity index (χ3n) is 4.55. The van der Waals surface area contributed by atoms with Crippen molar-refractivity contribution in [2.75, 3.05) is 13.7 Å². The summed E-state index contributed by atoms with van der Waals surface area (Å²) in [5, 5.41) is 7.21. The van der Waals surface area contributed by atoms with Gasteiger partial charge in [-0.2, -0.15) is 0 Å². The number of nitrogens with one attached hydrogen (secondary N) is 1.